The topological polar surface area (TPSA) is 90.3 Å². The van der Waals surface area contributed by atoms with E-state index in [1.54, 1.807) is 24.3 Å². The monoisotopic (exact) mass is 445 g/mol. The molecule has 30 heavy (non-hydrogen) atoms. The highest BCUT2D eigenvalue weighted by Gasteiger charge is 2.28. The van der Waals surface area contributed by atoms with Gasteiger partial charge in [0.15, 0.2) is 0 Å². The summed E-state index contributed by atoms with van der Waals surface area (Å²) in [7, 11) is -3.77. The molecule has 0 bridgehead atoms. The van der Waals surface area contributed by atoms with Crippen molar-refractivity contribution in [3.8, 4) is 6.07 Å². The zero-order chi connectivity index (χ0) is 21.7. The lowest BCUT2D eigenvalue weighted by atomic mass is 10.1. The summed E-state index contributed by atoms with van der Waals surface area (Å²) in [6.45, 7) is 2.75. The van der Waals surface area contributed by atoms with Crippen LogP contribution in [0, 0.1) is 11.3 Å². The van der Waals surface area contributed by atoms with Crippen LogP contribution in [0.1, 0.15) is 60.1 Å². The minimum Gasteiger partial charge on any atom is -0.346 e. The molecule has 2 aromatic carbocycles. The zero-order valence-corrected chi connectivity index (χ0v) is 18.3. The molecule has 2 aromatic rings. The molecule has 1 aliphatic rings. The van der Waals surface area contributed by atoms with Gasteiger partial charge in [-0.05, 0) is 55.7 Å². The van der Waals surface area contributed by atoms with Gasteiger partial charge in [-0.25, -0.2) is 8.42 Å². The van der Waals surface area contributed by atoms with Gasteiger partial charge < -0.3 is 5.32 Å². The second kappa shape index (κ2) is 9.61. The van der Waals surface area contributed by atoms with Crippen molar-refractivity contribution in [1.82, 2.24) is 9.62 Å². The molecule has 1 heterocycles. The van der Waals surface area contributed by atoms with Crippen molar-refractivity contribution in [3.63, 3.8) is 0 Å². The highest BCUT2D eigenvalue weighted by atomic mass is 35.5. The third kappa shape index (κ3) is 5.01. The smallest absolute Gasteiger partial charge is 0.251 e. The van der Waals surface area contributed by atoms with Gasteiger partial charge in [0.05, 0.1) is 22.7 Å². The first-order valence-corrected chi connectivity index (χ1v) is 11.8. The lowest BCUT2D eigenvalue weighted by Gasteiger charge is -2.21. The lowest BCUT2D eigenvalue weighted by molar-refractivity contribution is 0.0939. The van der Waals surface area contributed by atoms with Crippen LogP contribution in [0.15, 0.2) is 47.4 Å². The summed E-state index contributed by atoms with van der Waals surface area (Å²) in [4.78, 5) is 12.7. The van der Waals surface area contributed by atoms with Crippen LogP contribution in [-0.4, -0.2) is 31.7 Å². The van der Waals surface area contributed by atoms with Gasteiger partial charge in [0, 0.05) is 18.7 Å². The van der Waals surface area contributed by atoms with Gasteiger partial charge in [0.25, 0.3) is 5.91 Å². The van der Waals surface area contributed by atoms with Crippen molar-refractivity contribution in [2.45, 2.75) is 43.5 Å². The molecule has 0 saturated carbocycles. The standard InChI is InChI=1S/C22H24ClN3O3S/c1-16(18-8-6-17(15-24)7-9-18)25-22(27)19-10-11-20(23)21(14-19)30(28,29)26-12-4-2-3-5-13-26/h6-11,14,16H,2-5,12-13H2,1H3,(H,25,27). The van der Waals surface area contributed by atoms with E-state index in [2.05, 4.69) is 11.4 Å². The number of nitriles is 1. The molecule has 0 radical (unpaired) electrons. The van der Waals surface area contributed by atoms with E-state index in [0.29, 0.717) is 18.7 Å². The van der Waals surface area contributed by atoms with Gasteiger partial charge in [-0.15, -0.1) is 0 Å². The van der Waals surface area contributed by atoms with Crippen LogP contribution >= 0.6 is 11.6 Å². The van der Waals surface area contributed by atoms with Gasteiger partial charge in [-0.3, -0.25) is 4.79 Å². The van der Waals surface area contributed by atoms with E-state index >= 15 is 0 Å². The van der Waals surface area contributed by atoms with Crippen LogP contribution in [-0.2, 0) is 10.0 Å². The van der Waals surface area contributed by atoms with Crippen LogP contribution in [0.4, 0.5) is 0 Å². The number of sulfonamides is 1. The SMILES string of the molecule is CC(NC(=O)c1ccc(Cl)c(S(=O)(=O)N2CCCCCC2)c1)c1ccc(C#N)cc1. The Morgan fingerprint density at radius 2 is 1.73 bits per heavy atom. The van der Waals surface area contributed by atoms with E-state index in [0.717, 1.165) is 31.2 Å². The van der Waals surface area contributed by atoms with E-state index in [4.69, 9.17) is 16.9 Å². The Morgan fingerprint density at radius 1 is 1.10 bits per heavy atom. The number of nitrogens with one attached hydrogen (secondary N) is 1. The molecule has 6 nitrogen and oxygen atoms in total. The van der Waals surface area contributed by atoms with Crippen LogP contribution in [0.3, 0.4) is 0 Å². The van der Waals surface area contributed by atoms with Crippen molar-refractivity contribution < 1.29 is 13.2 Å². The van der Waals surface area contributed by atoms with E-state index < -0.39 is 15.9 Å². The predicted octanol–water partition coefficient (Wildman–Crippen LogP) is 4.27. The summed E-state index contributed by atoms with van der Waals surface area (Å²) in [6, 6.07) is 13.0. The molecular formula is C22H24ClN3O3S. The average molecular weight is 446 g/mol. The average Bonchev–Trinajstić information content (AvgIpc) is 3.04. The van der Waals surface area contributed by atoms with Gasteiger partial charge in [0.1, 0.15) is 4.90 Å². The fourth-order valence-corrected chi connectivity index (χ4v) is 5.49. The van der Waals surface area contributed by atoms with Crippen molar-refractivity contribution in [2.24, 2.45) is 0 Å². The number of hydrogen-bond donors (Lipinski definition) is 1. The number of carbonyl (C=O) groups excluding carboxylic acids is 1. The number of carbonyl (C=O) groups is 1. The van der Waals surface area contributed by atoms with Gasteiger partial charge in [-0.1, -0.05) is 36.6 Å². The van der Waals surface area contributed by atoms with Crippen LogP contribution in [0.2, 0.25) is 5.02 Å². The molecule has 158 valence electrons. The number of hydrogen-bond acceptors (Lipinski definition) is 4. The first-order valence-electron chi connectivity index (χ1n) is 9.93. The summed E-state index contributed by atoms with van der Waals surface area (Å²) in [5, 5.41) is 11.9. The Kier molecular flexibility index (Phi) is 7.14. The number of nitrogens with zero attached hydrogens (tertiary/aromatic N) is 2. The van der Waals surface area contributed by atoms with Crippen LogP contribution in [0.25, 0.3) is 0 Å². The number of halogens is 1. The van der Waals surface area contributed by atoms with Crippen molar-refractivity contribution in [2.75, 3.05) is 13.1 Å². The Labute approximate surface area is 182 Å². The molecular weight excluding hydrogens is 422 g/mol. The molecule has 3 rings (SSSR count). The molecule has 1 aliphatic heterocycles. The van der Waals surface area contributed by atoms with Crippen molar-refractivity contribution in [1.29, 1.82) is 5.26 Å². The second-order valence-electron chi connectivity index (χ2n) is 7.39. The van der Waals surface area contributed by atoms with Crippen LogP contribution in [0.5, 0.6) is 0 Å². The van der Waals surface area contributed by atoms with Gasteiger partial charge in [-0.2, -0.15) is 9.57 Å². The first-order chi connectivity index (χ1) is 14.3. The predicted molar refractivity (Wildman–Crippen MR) is 116 cm³/mol. The van der Waals surface area contributed by atoms with E-state index in [-0.39, 0.29) is 21.5 Å². The summed E-state index contributed by atoms with van der Waals surface area (Å²) in [5.41, 5.74) is 1.61. The summed E-state index contributed by atoms with van der Waals surface area (Å²) in [5.74, 6) is -0.393. The molecule has 1 N–H and O–H groups in total. The maximum absolute atomic E-state index is 13.1. The molecule has 0 aromatic heterocycles. The summed E-state index contributed by atoms with van der Waals surface area (Å²) in [6.07, 6.45) is 3.66. The molecule has 0 aliphatic carbocycles. The van der Waals surface area contributed by atoms with Crippen molar-refractivity contribution >= 4 is 27.5 Å². The normalized spacial score (nSPS) is 16.3. The fourth-order valence-electron chi connectivity index (χ4n) is 3.47. The molecule has 8 heteroatoms. The fraction of sp³-hybridized carbons (Fsp3) is 0.364. The van der Waals surface area contributed by atoms with Gasteiger partial charge in [0.2, 0.25) is 10.0 Å². The number of amides is 1. The third-order valence-corrected chi connectivity index (χ3v) is 7.64. The minimum absolute atomic E-state index is 0.0373. The summed E-state index contributed by atoms with van der Waals surface area (Å²) < 4.78 is 27.7. The molecule has 1 saturated heterocycles. The highest BCUT2D eigenvalue weighted by Crippen LogP contribution is 2.28. The summed E-state index contributed by atoms with van der Waals surface area (Å²) >= 11 is 6.21. The molecule has 1 atom stereocenters. The van der Waals surface area contributed by atoms with E-state index in [1.165, 1.54) is 22.5 Å². The first kappa shape index (κ1) is 22.3. The molecule has 1 unspecified atom stereocenters. The largest absolute Gasteiger partial charge is 0.346 e. The third-order valence-electron chi connectivity index (χ3n) is 5.26. The van der Waals surface area contributed by atoms with Crippen LogP contribution < -0.4 is 5.32 Å². The van der Waals surface area contributed by atoms with Crippen molar-refractivity contribution in [3.05, 3.63) is 64.2 Å². The Bertz CT molecular complexity index is 1050. The molecule has 1 amide bonds. The Hall–Kier alpha value is -2.40. The molecule has 1 fully saturated rings. The quantitative estimate of drug-likeness (QED) is 0.744. The Balaban J connectivity index is 1.81. The van der Waals surface area contributed by atoms with E-state index in [9.17, 15) is 13.2 Å². The minimum atomic E-state index is -3.77. The maximum atomic E-state index is 13.1. The number of rotatable bonds is 5. The maximum Gasteiger partial charge on any atom is 0.251 e. The zero-order valence-electron chi connectivity index (χ0n) is 16.8. The van der Waals surface area contributed by atoms with E-state index in [1.807, 2.05) is 6.92 Å². The van der Waals surface area contributed by atoms with Gasteiger partial charge >= 0.3 is 0 Å². The number of benzene rings is 2. The molecule has 0 spiro atoms. The second-order valence-corrected chi connectivity index (χ2v) is 9.71. The Morgan fingerprint density at radius 3 is 2.33 bits per heavy atom. The highest BCUT2D eigenvalue weighted by molar-refractivity contribution is 7.89. The lowest BCUT2D eigenvalue weighted by Crippen LogP contribution is -2.32.